The van der Waals surface area contributed by atoms with Crippen LogP contribution in [0.15, 0.2) is 68.1 Å². The molecule has 0 spiro atoms. The Labute approximate surface area is 120 Å². The SMILES string of the molecule is CC[C@@H]1[C@H](C)[S+]2c3ccccc3[S+]1c1ccccc12. The van der Waals surface area contributed by atoms with Crippen LogP contribution in [0.25, 0.3) is 0 Å². The maximum Gasteiger partial charge on any atom is 0.216 e. The fraction of sp³-hybridized carbons (Fsp3) is 0.294. The van der Waals surface area contributed by atoms with Crippen molar-refractivity contribution < 1.29 is 0 Å². The summed E-state index contributed by atoms with van der Waals surface area (Å²) in [5, 5.41) is 1.64. The van der Waals surface area contributed by atoms with E-state index in [2.05, 4.69) is 62.4 Å². The molecule has 0 amide bonds. The Morgan fingerprint density at radius 2 is 1.21 bits per heavy atom. The molecule has 3 aliphatic rings. The zero-order valence-corrected chi connectivity index (χ0v) is 12.9. The third kappa shape index (κ3) is 1.50. The summed E-state index contributed by atoms with van der Waals surface area (Å²) in [6, 6.07) is 18.4. The number of rotatable bonds is 1. The van der Waals surface area contributed by atoms with Crippen molar-refractivity contribution in [3.63, 3.8) is 0 Å². The molecule has 5 rings (SSSR count). The van der Waals surface area contributed by atoms with Crippen LogP contribution in [0.3, 0.4) is 0 Å². The van der Waals surface area contributed by atoms with E-state index in [4.69, 9.17) is 0 Å². The summed E-state index contributed by atoms with van der Waals surface area (Å²) < 4.78 is 0. The second-order valence-corrected chi connectivity index (χ2v) is 9.68. The van der Waals surface area contributed by atoms with Crippen molar-refractivity contribution in [2.45, 2.75) is 50.4 Å². The van der Waals surface area contributed by atoms with Gasteiger partial charge in [-0.2, -0.15) is 0 Å². The molecule has 0 nitrogen and oxygen atoms in total. The molecule has 0 radical (unpaired) electrons. The van der Waals surface area contributed by atoms with Crippen molar-refractivity contribution in [3.05, 3.63) is 48.5 Å². The molecule has 0 N–H and O–H groups in total. The third-order valence-electron chi connectivity index (χ3n) is 4.25. The first-order valence-corrected chi connectivity index (χ1v) is 9.54. The van der Waals surface area contributed by atoms with Crippen LogP contribution in [-0.2, 0) is 21.8 Å². The Morgan fingerprint density at radius 3 is 1.63 bits per heavy atom. The molecule has 2 bridgehead atoms. The third-order valence-corrected chi connectivity index (χ3v) is 10.4. The van der Waals surface area contributed by atoms with Gasteiger partial charge in [0.25, 0.3) is 0 Å². The van der Waals surface area contributed by atoms with E-state index in [0.29, 0.717) is 21.8 Å². The highest BCUT2D eigenvalue weighted by molar-refractivity contribution is 8.06. The highest BCUT2D eigenvalue weighted by Crippen LogP contribution is 2.53. The predicted octanol–water partition coefficient (Wildman–Crippen LogP) is 4.25. The van der Waals surface area contributed by atoms with Gasteiger partial charge < -0.3 is 0 Å². The molecule has 2 aromatic rings. The van der Waals surface area contributed by atoms with Crippen LogP contribution in [0, 0.1) is 0 Å². The minimum atomic E-state index is 0.297. The molecule has 3 aliphatic heterocycles. The molecule has 0 saturated carbocycles. The van der Waals surface area contributed by atoms with Crippen molar-refractivity contribution in [1.29, 1.82) is 0 Å². The number of benzene rings is 2. The average molecular weight is 286 g/mol. The van der Waals surface area contributed by atoms with Crippen LogP contribution in [0.1, 0.15) is 20.3 Å². The van der Waals surface area contributed by atoms with Crippen molar-refractivity contribution >= 4 is 21.8 Å². The average Bonchev–Trinajstić information content (AvgIpc) is 2.47. The first kappa shape index (κ1) is 11.9. The number of hydrogen-bond acceptors (Lipinski definition) is 0. The fourth-order valence-electron chi connectivity index (χ4n) is 3.43. The molecule has 96 valence electrons. The quantitative estimate of drug-likeness (QED) is 0.687. The zero-order valence-electron chi connectivity index (χ0n) is 11.3. The molecule has 2 atom stereocenters. The van der Waals surface area contributed by atoms with Gasteiger partial charge in [-0.25, -0.2) is 0 Å². The zero-order chi connectivity index (χ0) is 13.0. The van der Waals surface area contributed by atoms with Crippen molar-refractivity contribution in [2.24, 2.45) is 0 Å². The first-order valence-electron chi connectivity index (χ1n) is 6.97. The monoisotopic (exact) mass is 286 g/mol. The van der Waals surface area contributed by atoms with Crippen LogP contribution >= 0.6 is 0 Å². The van der Waals surface area contributed by atoms with E-state index in [0.717, 1.165) is 10.5 Å². The highest BCUT2D eigenvalue weighted by Gasteiger charge is 2.62. The van der Waals surface area contributed by atoms with E-state index in [-0.39, 0.29) is 0 Å². The van der Waals surface area contributed by atoms with Gasteiger partial charge in [0.15, 0.2) is 10.5 Å². The van der Waals surface area contributed by atoms with Crippen LogP contribution in [-0.4, -0.2) is 10.5 Å². The lowest BCUT2D eigenvalue weighted by molar-refractivity contribution is 0.762. The van der Waals surface area contributed by atoms with Gasteiger partial charge in [0.05, 0.1) is 21.8 Å². The van der Waals surface area contributed by atoms with Crippen LogP contribution in [0.5, 0.6) is 0 Å². The normalized spacial score (nSPS) is 30.8. The van der Waals surface area contributed by atoms with Gasteiger partial charge in [-0.1, -0.05) is 31.2 Å². The molecule has 0 unspecified atom stereocenters. The summed E-state index contributed by atoms with van der Waals surface area (Å²) in [5.74, 6) is 0. The first-order chi connectivity index (χ1) is 9.33. The summed E-state index contributed by atoms with van der Waals surface area (Å²) in [4.78, 5) is 6.52. The predicted molar refractivity (Wildman–Crippen MR) is 84.2 cm³/mol. The molecule has 3 heterocycles. The minimum absolute atomic E-state index is 0.297. The van der Waals surface area contributed by atoms with Gasteiger partial charge in [0.2, 0.25) is 19.6 Å². The van der Waals surface area contributed by atoms with Gasteiger partial charge in [-0.05, 0) is 37.6 Å². The van der Waals surface area contributed by atoms with Crippen LogP contribution in [0.4, 0.5) is 0 Å². The van der Waals surface area contributed by atoms with E-state index >= 15 is 0 Å². The van der Waals surface area contributed by atoms with E-state index in [9.17, 15) is 0 Å². The van der Waals surface area contributed by atoms with Gasteiger partial charge in [-0.3, -0.25) is 0 Å². The summed E-state index contributed by atoms with van der Waals surface area (Å²) in [7, 11) is 0.600. The summed E-state index contributed by atoms with van der Waals surface area (Å²) >= 11 is 0. The van der Waals surface area contributed by atoms with Gasteiger partial charge >= 0.3 is 0 Å². The van der Waals surface area contributed by atoms with E-state index in [1.807, 2.05) is 0 Å². The molecule has 0 fully saturated rings. The molecule has 0 saturated heterocycles. The number of hydrogen-bond donors (Lipinski definition) is 0. The Hall–Kier alpha value is -0.860. The lowest BCUT2D eigenvalue weighted by Gasteiger charge is -2.33. The molecule has 2 aromatic carbocycles. The molecule has 0 aliphatic carbocycles. The summed E-state index contributed by atoms with van der Waals surface area (Å²) in [6.45, 7) is 4.84. The van der Waals surface area contributed by atoms with Crippen molar-refractivity contribution in [1.82, 2.24) is 0 Å². The van der Waals surface area contributed by atoms with Crippen molar-refractivity contribution in [2.75, 3.05) is 0 Å². The molecule has 2 heteroatoms. The molecule has 0 aromatic heterocycles. The lowest BCUT2D eigenvalue weighted by Crippen LogP contribution is -2.47. The topological polar surface area (TPSA) is 0 Å². The minimum Gasteiger partial charge on any atom is -0.0604 e. The summed E-state index contributed by atoms with van der Waals surface area (Å²) in [5.41, 5.74) is 0. The maximum atomic E-state index is 2.48. The Bertz CT molecular complexity index is 587. The molecular weight excluding hydrogens is 268 g/mol. The van der Waals surface area contributed by atoms with E-state index in [1.165, 1.54) is 6.42 Å². The maximum absolute atomic E-state index is 2.48. The fourth-order valence-corrected chi connectivity index (χ4v) is 10.4. The lowest BCUT2D eigenvalue weighted by atomic mass is 10.2. The largest absolute Gasteiger partial charge is 0.216 e. The van der Waals surface area contributed by atoms with Crippen LogP contribution < -0.4 is 0 Å². The Morgan fingerprint density at radius 1 is 0.789 bits per heavy atom. The second kappa shape index (κ2) is 4.32. The smallest absolute Gasteiger partial charge is 0.0604 e. The summed E-state index contributed by atoms with van der Waals surface area (Å²) in [6.07, 6.45) is 1.30. The Balaban J connectivity index is 2.03. The number of fused-ring (bicyclic) bond motifs is 1. The van der Waals surface area contributed by atoms with Gasteiger partial charge in [-0.15, -0.1) is 0 Å². The second-order valence-electron chi connectivity index (χ2n) is 5.22. The highest BCUT2D eigenvalue weighted by atomic mass is 32.2. The standard InChI is InChI=1S/C17H18S2/c1-3-13-12(2)18-14-8-4-6-10-16(14)19(13)17-11-7-5-9-15(17)18/h4-13H,3H2,1-2H3/q+2/t12-,13+,18?,19?/m0/s1. The molecule has 19 heavy (non-hydrogen) atoms. The van der Waals surface area contributed by atoms with E-state index < -0.39 is 0 Å². The van der Waals surface area contributed by atoms with Crippen LogP contribution in [0.2, 0.25) is 0 Å². The van der Waals surface area contributed by atoms with Crippen molar-refractivity contribution in [3.8, 4) is 0 Å². The van der Waals surface area contributed by atoms with E-state index in [1.54, 1.807) is 19.6 Å². The Kier molecular flexibility index (Phi) is 2.71. The van der Waals surface area contributed by atoms with Gasteiger partial charge in [0.1, 0.15) is 0 Å². The molecular formula is C17H18S2+2. The van der Waals surface area contributed by atoms with Gasteiger partial charge in [0, 0.05) is 0 Å².